The normalized spacial score (nSPS) is 37.0. The number of aliphatic hydroxyl groups excluding tert-OH is 4. The van der Waals surface area contributed by atoms with Gasteiger partial charge >= 0.3 is 0 Å². The maximum absolute atomic E-state index is 12.7. The molecule has 2 saturated heterocycles. The molecule has 11 heteroatoms. The minimum atomic E-state index is -1.45. The highest BCUT2D eigenvalue weighted by Crippen LogP contribution is 2.37. The van der Waals surface area contributed by atoms with Crippen molar-refractivity contribution in [1.29, 1.82) is 0 Å². The SMILES string of the molecule is C/C(=C\c1ccc(O[C@H]2C[C@H](O)C(C(C)(C)C)O2)c(O)c1)C(=O)N[C@@H]1[C@H](O)[C@@H](O)[C@H]2OCO[C@H]2[C@@H]1O. The molecule has 1 unspecified atom stereocenters. The summed E-state index contributed by atoms with van der Waals surface area (Å²) in [6.07, 6.45) is -5.79. The molecule has 2 aliphatic heterocycles. The molecule has 11 nitrogen and oxygen atoms in total. The molecule has 6 N–H and O–H groups in total. The summed E-state index contributed by atoms with van der Waals surface area (Å²) in [6, 6.07) is 3.43. The van der Waals surface area contributed by atoms with E-state index in [4.69, 9.17) is 18.9 Å². The van der Waals surface area contributed by atoms with E-state index in [1.807, 2.05) is 20.8 Å². The molecule has 4 rings (SSSR count). The van der Waals surface area contributed by atoms with Crippen LogP contribution in [0.15, 0.2) is 23.8 Å². The molecular formula is C25H35NO10. The van der Waals surface area contributed by atoms with Gasteiger partial charge in [-0.25, -0.2) is 0 Å². The minimum absolute atomic E-state index is 0.121. The Kier molecular flexibility index (Phi) is 7.63. The molecule has 1 aliphatic carbocycles. The second-order valence-electron chi connectivity index (χ2n) is 10.7. The van der Waals surface area contributed by atoms with Gasteiger partial charge in [-0.1, -0.05) is 26.8 Å². The van der Waals surface area contributed by atoms with Gasteiger partial charge in [0.15, 0.2) is 11.5 Å². The third kappa shape index (κ3) is 5.37. The van der Waals surface area contributed by atoms with Crippen molar-refractivity contribution in [2.75, 3.05) is 6.79 Å². The highest BCUT2D eigenvalue weighted by Gasteiger charge is 2.53. The van der Waals surface area contributed by atoms with Crippen LogP contribution in [0.3, 0.4) is 0 Å². The summed E-state index contributed by atoms with van der Waals surface area (Å²) in [5.74, 6) is -0.569. The zero-order valence-corrected chi connectivity index (χ0v) is 20.7. The summed E-state index contributed by atoms with van der Waals surface area (Å²) in [7, 11) is 0. The van der Waals surface area contributed by atoms with E-state index in [2.05, 4.69) is 5.32 Å². The first kappa shape index (κ1) is 26.8. The van der Waals surface area contributed by atoms with Crippen LogP contribution in [0.25, 0.3) is 6.08 Å². The number of aliphatic hydroxyl groups is 4. The van der Waals surface area contributed by atoms with Crippen molar-refractivity contribution in [2.24, 2.45) is 5.41 Å². The van der Waals surface area contributed by atoms with Gasteiger partial charge < -0.3 is 49.8 Å². The average molecular weight is 510 g/mol. The maximum Gasteiger partial charge on any atom is 0.247 e. The van der Waals surface area contributed by atoms with Crippen LogP contribution in [0.4, 0.5) is 0 Å². The number of rotatable bonds is 5. The lowest BCUT2D eigenvalue weighted by Gasteiger charge is -2.41. The molecular weight excluding hydrogens is 474 g/mol. The topological polar surface area (TPSA) is 167 Å². The molecule has 36 heavy (non-hydrogen) atoms. The summed E-state index contributed by atoms with van der Waals surface area (Å²) >= 11 is 0. The van der Waals surface area contributed by atoms with Crippen LogP contribution in [0.2, 0.25) is 0 Å². The van der Waals surface area contributed by atoms with Crippen LogP contribution in [-0.4, -0.2) is 93.3 Å². The van der Waals surface area contributed by atoms with Crippen molar-refractivity contribution in [2.45, 2.75) is 89.2 Å². The van der Waals surface area contributed by atoms with Crippen molar-refractivity contribution >= 4 is 12.0 Å². The van der Waals surface area contributed by atoms with Gasteiger partial charge in [-0.05, 0) is 36.1 Å². The van der Waals surface area contributed by atoms with E-state index in [0.717, 1.165) is 0 Å². The van der Waals surface area contributed by atoms with E-state index in [1.165, 1.54) is 25.1 Å². The van der Waals surface area contributed by atoms with Gasteiger partial charge in [0.25, 0.3) is 0 Å². The lowest BCUT2D eigenvalue weighted by molar-refractivity contribution is -0.155. The first-order valence-corrected chi connectivity index (χ1v) is 12.0. The number of fused-ring (bicyclic) bond motifs is 1. The number of phenols is 1. The van der Waals surface area contributed by atoms with Gasteiger partial charge in [-0.2, -0.15) is 0 Å². The second-order valence-corrected chi connectivity index (χ2v) is 10.7. The van der Waals surface area contributed by atoms with Crippen molar-refractivity contribution in [1.82, 2.24) is 5.32 Å². The van der Waals surface area contributed by atoms with Crippen molar-refractivity contribution in [3.05, 3.63) is 29.3 Å². The first-order chi connectivity index (χ1) is 16.9. The number of amides is 1. The van der Waals surface area contributed by atoms with Gasteiger partial charge in [0.1, 0.15) is 37.3 Å². The zero-order valence-electron chi connectivity index (χ0n) is 20.7. The van der Waals surface area contributed by atoms with Crippen LogP contribution >= 0.6 is 0 Å². The molecule has 3 aliphatic rings. The lowest BCUT2D eigenvalue weighted by Crippen LogP contribution is -2.67. The van der Waals surface area contributed by atoms with E-state index in [0.29, 0.717) is 5.56 Å². The molecule has 1 aromatic carbocycles. The average Bonchev–Trinajstić information content (AvgIpc) is 3.43. The molecule has 1 amide bonds. The summed E-state index contributed by atoms with van der Waals surface area (Å²) in [5, 5.41) is 54.4. The molecule has 0 aromatic heterocycles. The predicted octanol–water partition coefficient (Wildman–Crippen LogP) is 0.0189. The number of phenolic OH excluding ortho intramolecular Hbond substituents is 1. The smallest absolute Gasteiger partial charge is 0.247 e. The van der Waals surface area contributed by atoms with E-state index in [-0.39, 0.29) is 35.7 Å². The minimum Gasteiger partial charge on any atom is -0.504 e. The fraction of sp³-hybridized carbons (Fsp3) is 0.640. The predicted molar refractivity (Wildman–Crippen MR) is 126 cm³/mol. The number of carbonyl (C=O) groups excluding carboxylic acids is 1. The summed E-state index contributed by atoms with van der Waals surface area (Å²) < 4.78 is 22.1. The summed E-state index contributed by atoms with van der Waals surface area (Å²) in [4.78, 5) is 12.7. The Morgan fingerprint density at radius 2 is 1.75 bits per heavy atom. The van der Waals surface area contributed by atoms with E-state index < -0.39 is 61.0 Å². The molecule has 3 fully saturated rings. The largest absolute Gasteiger partial charge is 0.504 e. The van der Waals surface area contributed by atoms with Gasteiger partial charge in [0.05, 0.1) is 18.2 Å². The molecule has 9 atom stereocenters. The standard InChI is InChI=1S/C25H35NO10/c1-11(24(32)26-17-18(29)20(31)22-21(19(17)30)33-10-34-22)7-12-5-6-15(13(27)8-12)35-16-9-14(28)23(36-16)25(2,3)4/h5-8,14,16-23,27-31H,9-10H2,1-4H3,(H,26,32)/b11-7+/t14-,16+,17+,18-,19+,20+,21-,22+,23?/m0/s1. The number of aromatic hydroxyl groups is 1. The second kappa shape index (κ2) is 10.3. The van der Waals surface area contributed by atoms with E-state index in [1.54, 1.807) is 6.07 Å². The van der Waals surface area contributed by atoms with Gasteiger partial charge in [0.2, 0.25) is 12.2 Å². The Morgan fingerprint density at radius 3 is 2.36 bits per heavy atom. The van der Waals surface area contributed by atoms with E-state index >= 15 is 0 Å². The van der Waals surface area contributed by atoms with Crippen LogP contribution in [-0.2, 0) is 19.0 Å². The quantitative estimate of drug-likeness (QED) is 0.298. The highest BCUT2D eigenvalue weighted by molar-refractivity contribution is 5.97. The van der Waals surface area contributed by atoms with E-state index in [9.17, 15) is 30.3 Å². The Balaban J connectivity index is 1.39. The van der Waals surface area contributed by atoms with Crippen molar-refractivity contribution in [3.63, 3.8) is 0 Å². The number of hydrogen-bond acceptors (Lipinski definition) is 10. The summed E-state index contributed by atoms with van der Waals surface area (Å²) in [5.41, 5.74) is 0.469. The van der Waals surface area contributed by atoms with Crippen LogP contribution in [0, 0.1) is 5.41 Å². The number of benzene rings is 1. The molecule has 0 bridgehead atoms. The van der Waals surface area contributed by atoms with Gasteiger partial charge in [0, 0.05) is 12.0 Å². The Labute approximate surface area is 209 Å². The lowest BCUT2D eigenvalue weighted by atomic mass is 9.83. The monoisotopic (exact) mass is 509 g/mol. The Bertz CT molecular complexity index is 992. The third-order valence-electron chi connectivity index (χ3n) is 6.82. The van der Waals surface area contributed by atoms with Gasteiger partial charge in [-0.15, -0.1) is 0 Å². The van der Waals surface area contributed by atoms with Crippen LogP contribution in [0.5, 0.6) is 11.5 Å². The molecule has 0 radical (unpaired) electrons. The number of nitrogens with one attached hydrogen (secondary N) is 1. The zero-order chi connectivity index (χ0) is 26.4. The fourth-order valence-corrected chi connectivity index (χ4v) is 4.89. The number of carbonyl (C=O) groups is 1. The third-order valence-corrected chi connectivity index (χ3v) is 6.82. The molecule has 2 heterocycles. The molecule has 1 aromatic rings. The molecule has 200 valence electrons. The molecule has 0 spiro atoms. The van der Waals surface area contributed by atoms with Crippen molar-refractivity contribution in [3.8, 4) is 11.5 Å². The van der Waals surface area contributed by atoms with Crippen LogP contribution in [0.1, 0.15) is 39.7 Å². The maximum atomic E-state index is 12.7. The fourth-order valence-electron chi connectivity index (χ4n) is 4.89. The Morgan fingerprint density at radius 1 is 1.08 bits per heavy atom. The van der Waals surface area contributed by atoms with Crippen molar-refractivity contribution < 1.29 is 49.3 Å². The number of hydrogen-bond donors (Lipinski definition) is 6. The molecule has 1 saturated carbocycles. The summed E-state index contributed by atoms with van der Waals surface area (Å²) in [6.45, 7) is 7.31. The van der Waals surface area contributed by atoms with Crippen LogP contribution < -0.4 is 10.1 Å². The Hall–Kier alpha value is -2.25. The first-order valence-electron chi connectivity index (χ1n) is 12.0. The number of ether oxygens (including phenoxy) is 4. The van der Waals surface area contributed by atoms with Gasteiger partial charge in [-0.3, -0.25) is 4.79 Å². The highest BCUT2D eigenvalue weighted by atomic mass is 16.7.